The largest absolute Gasteiger partial charge is 0.245 e. The van der Waals surface area contributed by atoms with E-state index in [4.69, 9.17) is 0 Å². The molecule has 0 aliphatic carbocycles. The number of benzene rings is 1. The van der Waals surface area contributed by atoms with Crippen molar-refractivity contribution >= 4 is 10.0 Å². The van der Waals surface area contributed by atoms with Gasteiger partial charge < -0.3 is 0 Å². The van der Waals surface area contributed by atoms with E-state index < -0.39 is 10.0 Å². The summed E-state index contributed by atoms with van der Waals surface area (Å²) in [5.41, 5.74) is 2.02. The maximum atomic E-state index is 12.1. The summed E-state index contributed by atoms with van der Waals surface area (Å²) in [6, 6.07) is 6.93. The highest BCUT2D eigenvalue weighted by Crippen LogP contribution is 2.10. The van der Waals surface area contributed by atoms with Gasteiger partial charge in [0, 0.05) is 18.9 Å². The normalized spacial score (nSPS) is 11.4. The van der Waals surface area contributed by atoms with Gasteiger partial charge in [0.2, 0.25) is 10.0 Å². The number of rotatable bonds is 6. The molecule has 0 unspecified atom stereocenters. The minimum Gasteiger partial charge on any atom is -0.245 e. The molecule has 0 amide bonds. The van der Waals surface area contributed by atoms with Gasteiger partial charge in [-0.2, -0.15) is 0 Å². The number of sulfonamides is 1. The molecule has 1 aromatic heterocycles. The molecule has 1 aromatic carbocycles. The highest BCUT2D eigenvalue weighted by Gasteiger charge is 2.12. The first-order chi connectivity index (χ1) is 9.62. The minimum absolute atomic E-state index is 0.291. The second-order valence-corrected chi connectivity index (χ2v) is 6.16. The maximum absolute atomic E-state index is 12.1. The molecular formula is C14H17N3O2S. The first-order valence-electron chi connectivity index (χ1n) is 6.44. The van der Waals surface area contributed by atoms with Crippen LogP contribution in [0.2, 0.25) is 0 Å². The van der Waals surface area contributed by atoms with Gasteiger partial charge >= 0.3 is 0 Å². The summed E-state index contributed by atoms with van der Waals surface area (Å²) in [5.74, 6) is 0. The fourth-order valence-corrected chi connectivity index (χ4v) is 2.81. The third-order valence-corrected chi connectivity index (χ3v) is 4.44. The van der Waals surface area contributed by atoms with Crippen molar-refractivity contribution in [3.05, 3.63) is 54.1 Å². The van der Waals surface area contributed by atoms with Crippen LogP contribution in [0, 0.1) is 0 Å². The molecule has 0 aliphatic heterocycles. The van der Waals surface area contributed by atoms with Crippen LogP contribution < -0.4 is 4.72 Å². The van der Waals surface area contributed by atoms with E-state index in [-0.39, 0.29) is 0 Å². The first-order valence-corrected chi connectivity index (χ1v) is 7.92. The van der Waals surface area contributed by atoms with E-state index in [1.807, 2.05) is 19.1 Å². The Morgan fingerprint density at radius 2 is 1.70 bits per heavy atom. The monoisotopic (exact) mass is 291 g/mol. The molecular weight excluding hydrogens is 274 g/mol. The Bertz CT molecular complexity index is 640. The number of aryl methyl sites for hydroxylation is 1. The Labute approximate surface area is 119 Å². The van der Waals surface area contributed by atoms with Crippen molar-refractivity contribution in [1.82, 2.24) is 14.7 Å². The van der Waals surface area contributed by atoms with Crippen molar-refractivity contribution in [2.75, 3.05) is 6.54 Å². The second kappa shape index (κ2) is 6.58. The Morgan fingerprint density at radius 3 is 2.30 bits per heavy atom. The van der Waals surface area contributed by atoms with E-state index in [1.54, 1.807) is 24.5 Å². The van der Waals surface area contributed by atoms with Crippen molar-refractivity contribution in [3.8, 4) is 0 Å². The highest BCUT2D eigenvalue weighted by molar-refractivity contribution is 7.89. The molecule has 0 radical (unpaired) electrons. The molecule has 0 bridgehead atoms. The molecule has 0 saturated heterocycles. The number of hydrogen-bond acceptors (Lipinski definition) is 4. The van der Waals surface area contributed by atoms with Crippen LogP contribution in [0.25, 0.3) is 0 Å². The van der Waals surface area contributed by atoms with Gasteiger partial charge in [-0.05, 0) is 36.1 Å². The summed E-state index contributed by atoms with van der Waals surface area (Å²) in [4.78, 5) is 8.07. The van der Waals surface area contributed by atoms with Crippen LogP contribution in [0.4, 0.5) is 0 Å². The molecule has 0 spiro atoms. The van der Waals surface area contributed by atoms with Crippen LogP contribution >= 0.6 is 0 Å². The minimum atomic E-state index is -3.45. The number of nitrogens with zero attached hydrogens (tertiary/aromatic N) is 2. The first kappa shape index (κ1) is 14.6. The Morgan fingerprint density at radius 1 is 1.05 bits per heavy atom. The quantitative estimate of drug-likeness (QED) is 0.876. The lowest BCUT2D eigenvalue weighted by atomic mass is 10.2. The molecule has 20 heavy (non-hydrogen) atoms. The van der Waals surface area contributed by atoms with Crippen LogP contribution in [0.15, 0.2) is 47.9 Å². The van der Waals surface area contributed by atoms with Crippen LogP contribution in [0.5, 0.6) is 0 Å². The molecule has 1 N–H and O–H groups in total. The Hall–Kier alpha value is -1.79. The molecule has 1 heterocycles. The predicted molar refractivity (Wildman–Crippen MR) is 76.7 cm³/mol. The van der Waals surface area contributed by atoms with E-state index in [2.05, 4.69) is 14.7 Å². The van der Waals surface area contributed by atoms with Crippen molar-refractivity contribution in [2.24, 2.45) is 0 Å². The summed E-state index contributed by atoms with van der Waals surface area (Å²) in [6.07, 6.45) is 6.26. The summed E-state index contributed by atoms with van der Waals surface area (Å²) in [5, 5.41) is 0. The zero-order valence-electron chi connectivity index (χ0n) is 11.3. The number of aromatic nitrogens is 2. The van der Waals surface area contributed by atoms with Crippen molar-refractivity contribution in [1.29, 1.82) is 0 Å². The van der Waals surface area contributed by atoms with Crippen LogP contribution in [0.3, 0.4) is 0 Å². The van der Waals surface area contributed by atoms with E-state index in [0.29, 0.717) is 17.9 Å². The van der Waals surface area contributed by atoms with Gasteiger partial charge in [0.15, 0.2) is 0 Å². The molecule has 5 nitrogen and oxygen atoms in total. The molecule has 2 aromatic rings. The molecule has 106 valence electrons. The number of nitrogens with one attached hydrogen (secondary N) is 1. The SMILES string of the molecule is CCc1ccc(S(=O)(=O)NCCc2cncnc2)cc1. The van der Waals surface area contributed by atoms with Crippen molar-refractivity contribution < 1.29 is 8.42 Å². The summed E-state index contributed by atoms with van der Waals surface area (Å²) >= 11 is 0. The average Bonchev–Trinajstić information content (AvgIpc) is 2.48. The summed E-state index contributed by atoms with van der Waals surface area (Å²) in [7, 11) is -3.45. The maximum Gasteiger partial charge on any atom is 0.240 e. The van der Waals surface area contributed by atoms with Crippen LogP contribution in [0.1, 0.15) is 18.1 Å². The standard InChI is InChI=1S/C14H17N3O2S/c1-2-12-3-5-14(6-4-12)20(18,19)17-8-7-13-9-15-11-16-10-13/h3-6,9-11,17H,2,7-8H2,1H3. The third-order valence-electron chi connectivity index (χ3n) is 2.96. The third kappa shape index (κ3) is 3.85. The zero-order valence-corrected chi connectivity index (χ0v) is 12.1. The van der Waals surface area contributed by atoms with Crippen molar-refractivity contribution in [3.63, 3.8) is 0 Å². The van der Waals surface area contributed by atoms with E-state index in [9.17, 15) is 8.42 Å². The highest BCUT2D eigenvalue weighted by atomic mass is 32.2. The summed E-state index contributed by atoms with van der Waals surface area (Å²) < 4.78 is 26.7. The zero-order chi connectivity index (χ0) is 14.4. The molecule has 0 fully saturated rings. The molecule has 0 aliphatic rings. The van der Waals surface area contributed by atoms with Gasteiger partial charge in [-0.15, -0.1) is 0 Å². The van der Waals surface area contributed by atoms with Gasteiger partial charge in [0.05, 0.1) is 4.90 Å². The van der Waals surface area contributed by atoms with E-state index in [1.165, 1.54) is 6.33 Å². The van der Waals surface area contributed by atoms with Gasteiger partial charge in [0.1, 0.15) is 6.33 Å². The van der Waals surface area contributed by atoms with E-state index >= 15 is 0 Å². The topological polar surface area (TPSA) is 72.0 Å². The molecule has 2 rings (SSSR count). The van der Waals surface area contributed by atoms with Crippen LogP contribution in [-0.4, -0.2) is 24.9 Å². The average molecular weight is 291 g/mol. The van der Waals surface area contributed by atoms with Crippen LogP contribution in [-0.2, 0) is 22.9 Å². The van der Waals surface area contributed by atoms with Gasteiger partial charge in [-0.1, -0.05) is 19.1 Å². The Balaban J connectivity index is 1.96. The smallest absolute Gasteiger partial charge is 0.240 e. The summed E-state index contributed by atoms with van der Waals surface area (Å²) in [6.45, 7) is 2.36. The van der Waals surface area contributed by atoms with Gasteiger partial charge in [-0.3, -0.25) is 0 Å². The number of hydrogen-bond donors (Lipinski definition) is 1. The van der Waals surface area contributed by atoms with Gasteiger partial charge in [-0.25, -0.2) is 23.1 Å². The lowest BCUT2D eigenvalue weighted by Gasteiger charge is -2.07. The fourth-order valence-electron chi connectivity index (χ4n) is 1.78. The second-order valence-electron chi connectivity index (χ2n) is 4.39. The lowest BCUT2D eigenvalue weighted by molar-refractivity contribution is 0.581. The van der Waals surface area contributed by atoms with E-state index in [0.717, 1.165) is 17.5 Å². The predicted octanol–water partition coefficient (Wildman–Crippen LogP) is 1.56. The Kier molecular flexibility index (Phi) is 4.81. The molecule has 0 atom stereocenters. The lowest BCUT2D eigenvalue weighted by Crippen LogP contribution is -2.26. The molecule has 6 heteroatoms. The van der Waals surface area contributed by atoms with Gasteiger partial charge in [0.25, 0.3) is 0 Å². The van der Waals surface area contributed by atoms with Crippen molar-refractivity contribution in [2.45, 2.75) is 24.7 Å². The fraction of sp³-hybridized carbons (Fsp3) is 0.286. The molecule has 0 saturated carbocycles.